The zero-order chi connectivity index (χ0) is 17.0. The van der Waals surface area contributed by atoms with Crippen molar-refractivity contribution >= 4 is 15.7 Å². The number of hydrogen-bond donors (Lipinski definition) is 1. The highest BCUT2D eigenvalue weighted by Gasteiger charge is 2.12. The van der Waals surface area contributed by atoms with Gasteiger partial charge in [0.2, 0.25) is 5.91 Å². The molecule has 7 heteroatoms. The largest absolute Gasteiger partial charge is 0.348 e. The monoisotopic (exact) mass is 334 g/mol. The molecule has 0 saturated heterocycles. The van der Waals surface area contributed by atoms with Crippen molar-refractivity contribution in [3.8, 4) is 0 Å². The van der Waals surface area contributed by atoms with Crippen LogP contribution < -0.4 is 10.9 Å². The maximum atomic E-state index is 12.0. The Kier molecular flexibility index (Phi) is 5.00. The Hall–Kier alpha value is -2.41. The van der Waals surface area contributed by atoms with E-state index in [0.29, 0.717) is 0 Å². The molecule has 0 bridgehead atoms. The van der Waals surface area contributed by atoms with E-state index in [2.05, 4.69) is 5.32 Å². The summed E-state index contributed by atoms with van der Waals surface area (Å²) >= 11 is 0. The van der Waals surface area contributed by atoms with Gasteiger partial charge >= 0.3 is 0 Å². The first-order valence-corrected chi connectivity index (χ1v) is 8.91. The van der Waals surface area contributed by atoms with Crippen molar-refractivity contribution in [3.05, 3.63) is 64.6 Å². The Morgan fingerprint density at radius 3 is 2.39 bits per heavy atom. The average Bonchev–Trinajstić information content (AvgIpc) is 2.49. The Bertz CT molecular complexity index is 854. The van der Waals surface area contributed by atoms with Crippen LogP contribution in [0.4, 0.5) is 0 Å². The zero-order valence-corrected chi connectivity index (χ0v) is 13.7. The molecule has 1 aromatic carbocycles. The smallest absolute Gasteiger partial charge is 0.250 e. The number of carbonyl (C=O) groups is 1. The topological polar surface area (TPSA) is 85.2 Å². The van der Waals surface area contributed by atoms with Crippen molar-refractivity contribution in [2.75, 3.05) is 6.26 Å². The van der Waals surface area contributed by atoms with Crippen molar-refractivity contribution in [2.45, 2.75) is 24.4 Å². The van der Waals surface area contributed by atoms with Gasteiger partial charge in [-0.15, -0.1) is 0 Å². The van der Waals surface area contributed by atoms with Crippen molar-refractivity contribution in [1.82, 2.24) is 9.88 Å². The lowest BCUT2D eigenvalue weighted by atomic mass is 10.1. The number of nitrogens with zero attached hydrogens (tertiary/aromatic N) is 1. The predicted molar refractivity (Wildman–Crippen MR) is 86.8 cm³/mol. The van der Waals surface area contributed by atoms with Crippen LogP contribution in [0, 0.1) is 0 Å². The number of amides is 1. The molecule has 1 heterocycles. The van der Waals surface area contributed by atoms with E-state index in [1.54, 1.807) is 37.4 Å². The second-order valence-electron chi connectivity index (χ2n) is 5.30. The molecule has 6 nitrogen and oxygen atoms in total. The maximum absolute atomic E-state index is 12.0. The number of hydrogen-bond acceptors (Lipinski definition) is 4. The van der Waals surface area contributed by atoms with Crippen LogP contribution in [0.15, 0.2) is 58.4 Å². The second kappa shape index (κ2) is 6.78. The third-order valence-electron chi connectivity index (χ3n) is 3.40. The van der Waals surface area contributed by atoms with E-state index in [0.717, 1.165) is 11.8 Å². The molecule has 0 saturated carbocycles. The van der Waals surface area contributed by atoms with Crippen LogP contribution >= 0.6 is 0 Å². The molecule has 23 heavy (non-hydrogen) atoms. The number of carbonyl (C=O) groups excluding carboxylic acids is 1. The molecule has 0 spiro atoms. The van der Waals surface area contributed by atoms with E-state index in [9.17, 15) is 18.0 Å². The van der Waals surface area contributed by atoms with E-state index in [1.807, 2.05) is 0 Å². The standard InChI is InChI=1S/C16H18N2O4S/c1-12(13-6-8-14(9-7-13)23(2,21)22)17-15(19)11-18-10-4-3-5-16(18)20/h3-10,12H,11H2,1-2H3,(H,17,19). The Labute approximate surface area is 134 Å². The fraction of sp³-hybridized carbons (Fsp3) is 0.250. The molecule has 1 atom stereocenters. The van der Waals surface area contributed by atoms with E-state index in [1.165, 1.54) is 22.8 Å². The summed E-state index contributed by atoms with van der Waals surface area (Å²) in [4.78, 5) is 23.8. The lowest BCUT2D eigenvalue weighted by molar-refractivity contribution is -0.122. The second-order valence-corrected chi connectivity index (χ2v) is 7.31. The highest BCUT2D eigenvalue weighted by Crippen LogP contribution is 2.16. The third kappa shape index (κ3) is 4.53. The van der Waals surface area contributed by atoms with Gasteiger partial charge in [0.1, 0.15) is 6.54 Å². The summed E-state index contributed by atoms with van der Waals surface area (Å²) in [6, 6.07) is 10.7. The minimum absolute atomic E-state index is 0.0641. The van der Waals surface area contributed by atoms with E-state index >= 15 is 0 Å². The van der Waals surface area contributed by atoms with Gasteiger partial charge in [-0.2, -0.15) is 0 Å². The van der Waals surface area contributed by atoms with Crippen LogP contribution in [0.25, 0.3) is 0 Å². The van der Waals surface area contributed by atoms with Gasteiger partial charge in [-0.1, -0.05) is 18.2 Å². The molecule has 0 aliphatic rings. The number of aromatic nitrogens is 1. The molecular formula is C16H18N2O4S. The van der Waals surface area contributed by atoms with Crippen molar-refractivity contribution in [2.24, 2.45) is 0 Å². The first-order chi connectivity index (χ1) is 10.8. The molecule has 2 rings (SSSR count). The molecule has 0 aliphatic carbocycles. The molecule has 1 N–H and O–H groups in total. The number of benzene rings is 1. The van der Waals surface area contributed by atoms with Crippen LogP contribution in [-0.2, 0) is 21.2 Å². The normalized spacial score (nSPS) is 12.6. The van der Waals surface area contributed by atoms with E-state index in [4.69, 9.17) is 0 Å². The quantitative estimate of drug-likeness (QED) is 0.888. The third-order valence-corrected chi connectivity index (χ3v) is 4.53. The van der Waals surface area contributed by atoms with Crippen LogP contribution in [0.1, 0.15) is 18.5 Å². The van der Waals surface area contributed by atoms with Crippen molar-refractivity contribution in [1.29, 1.82) is 0 Å². The highest BCUT2D eigenvalue weighted by atomic mass is 32.2. The maximum Gasteiger partial charge on any atom is 0.250 e. The Morgan fingerprint density at radius 1 is 1.17 bits per heavy atom. The summed E-state index contributed by atoms with van der Waals surface area (Å²) in [5.41, 5.74) is 0.541. The average molecular weight is 334 g/mol. The van der Waals surface area contributed by atoms with Gasteiger partial charge in [-0.25, -0.2) is 8.42 Å². The summed E-state index contributed by atoms with van der Waals surface area (Å²) in [6.07, 6.45) is 2.69. The summed E-state index contributed by atoms with van der Waals surface area (Å²) in [6.45, 7) is 1.73. The molecule has 2 aromatic rings. The fourth-order valence-electron chi connectivity index (χ4n) is 2.12. The molecule has 1 unspecified atom stereocenters. The van der Waals surface area contributed by atoms with E-state index < -0.39 is 9.84 Å². The molecule has 1 amide bonds. The number of sulfone groups is 1. The lowest BCUT2D eigenvalue weighted by Gasteiger charge is -2.15. The van der Waals surface area contributed by atoms with Gasteiger partial charge in [0.05, 0.1) is 10.9 Å². The van der Waals surface area contributed by atoms with Gasteiger partial charge in [0.15, 0.2) is 9.84 Å². The minimum Gasteiger partial charge on any atom is -0.348 e. The van der Waals surface area contributed by atoms with Crippen molar-refractivity contribution in [3.63, 3.8) is 0 Å². The zero-order valence-electron chi connectivity index (χ0n) is 12.9. The van der Waals surface area contributed by atoms with Gasteiger partial charge in [0, 0.05) is 18.5 Å². The predicted octanol–water partition coefficient (Wildman–Crippen LogP) is 1.13. The summed E-state index contributed by atoms with van der Waals surface area (Å²) < 4.78 is 24.2. The molecule has 1 aromatic heterocycles. The summed E-state index contributed by atoms with van der Waals surface area (Å²) in [5, 5.41) is 2.78. The lowest BCUT2D eigenvalue weighted by Crippen LogP contribution is -2.33. The molecular weight excluding hydrogens is 316 g/mol. The van der Waals surface area contributed by atoms with Crippen LogP contribution in [0.2, 0.25) is 0 Å². The first kappa shape index (κ1) is 17.0. The molecule has 0 radical (unpaired) electrons. The highest BCUT2D eigenvalue weighted by molar-refractivity contribution is 7.90. The Balaban J connectivity index is 2.04. The fourth-order valence-corrected chi connectivity index (χ4v) is 2.75. The summed E-state index contributed by atoms with van der Waals surface area (Å²) in [5.74, 6) is -0.294. The minimum atomic E-state index is -3.24. The van der Waals surface area contributed by atoms with Gasteiger partial charge in [-0.05, 0) is 30.7 Å². The van der Waals surface area contributed by atoms with Gasteiger partial charge in [0.25, 0.3) is 5.56 Å². The molecule has 0 fully saturated rings. The molecule has 122 valence electrons. The van der Waals surface area contributed by atoms with E-state index in [-0.39, 0.29) is 28.9 Å². The Morgan fingerprint density at radius 2 is 1.83 bits per heavy atom. The van der Waals surface area contributed by atoms with Crippen molar-refractivity contribution < 1.29 is 13.2 Å². The van der Waals surface area contributed by atoms with Crippen LogP contribution in [-0.4, -0.2) is 25.1 Å². The summed E-state index contributed by atoms with van der Waals surface area (Å²) in [7, 11) is -3.24. The first-order valence-electron chi connectivity index (χ1n) is 7.02. The van der Waals surface area contributed by atoms with Crippen LogP contribution in [0.5, 0.6) is 0 Å². The van der Waals surface area contributed by atoms with Gasteiger partial charge in [-0.3, -0.25) is 9.59 Å². The van der Waals surface area contributed by atoms with Gasteiger partial charge < -0.3 is 9.88 Å². The number of rotatable bonds is 5. The molecule has 0 aliphatic heterocycles. The van der Waals surface area contributed by atoms with Crippen LogP contribution in [0.3, 0.4) is 0 Å². The SMILES string of the molecule is CC(NC(=O)Cn1ccccc1=O)c1ccc(S(C)(=O)=O)cc1. The number of nitrogens with one attached hydrogen (secondary N) is 1. The number of pyridine rings is 1.